The monoisotopic (exact) mass is 512 g/mol. The minimum Gasteiger partial charge on any atom is -0.496 e. The Bertz CT molecular complexity index is 1390. The number of ether oxygens (including phenoxy) is 1. The van der Waals surface area contributed by atoms with Crippen LogP contribution in [0.15, 0.2) is 95.5 Å². The number of hydrogen-bond donors (Lipinski definition) is 2. The summed E-state index contributed by atoms with van der Waals surface area (Å²) < 4.78 is 5.42. The number of carbonyl (C=O) groups excluding carboxylic acids is 1. The molecule has 8 heteroatoms. The van der Waals surface area contributed by atoms with Crippen molar-refractivity contribution in [1.82, 2.24) is 15.0 Å². The highest BCUT2D eigenvalue weighted by molar-refractivity contribution is 7.99. The molecular formula is C28H24N4O2S2. The highest BCUT2D eigenvalue weighted by atomic mass is 32.2. The summed E-state index contributed by atoms with van der Waals surface area (Å²) in [5.74, 6) is 1.26. The highest BCUT2D eigenvalue weighted by Crippen LogP contribution is 2.33. The highest BCUT2D eigenvalue weighted by Gasteiger charge is 2.15. The minimum atomic E-state index is -0.0819. The van der Waals surface area contributed by atoms with Gasteiger partial charge in [-0.1, -0.05) is 84.6 Å². The number of thioether (sulfide) groups is 1. The lowest BCUT2D eigenvalue weighted by molar-refractivity contribution is -0.115. The molecule has 5 aromatic rings. The lowest BCUT2D eigenvalue weighted by atomic mass is 10.1. The molecule has 36 heavy (non-hydrogen) atoms. The molecule has 0 aliphatic rings. The molecule has 0 fully saturated rings. The van der Waals surface area contributed by atoms with E-state index in [9.17, 15) is 4.79 Å². The number of rotatable bonds is 9. The molecule has 0 aliphatic heterocycles. The number of hydrogen-bond acceptors (Lipinski definition) is 6. The van der Waals surface area contributed by atoms with Crippen LogP contribution in [0.25, 0.3) is 33.8 Å². The standard InChI is InChI=1S/C28H24N4O2S2/c1-34-23-15-9-8-14-21(23)22-18-36-27(29-22)30-24(33)16-17-35-28-31-25(19-10-4-2-5-11-19)26(32-28)20-12-6-3-7-13-20/h2-15,18H,16-17H2,1H3,(H,31,32)(H,29,30,33). The van der Waals surface area contributed by atoms with Gasteiger partial charge in [-0.25, -0.2) is 9.97 Å². The van der Waals surface area contributed by atoms with Gasteiger partial charge >= 0.3 is 0 Å². The largest absolute Gasteiger partial charge is 0.496 e. The van der Waals surface area contributed by atoms with Crippen LogP contribution in [-0.2, 0) is 4.79 Å². The summed E-state index contributed by atoms with van der Waals surface area (Å²) in [6.07, 6.45) is 0.344. The fourth-order valence-corrected chi connectivity index (χ4v) is 5.31. The van der Waals surface area contributed by atoms with Gasteiger partial charge in [0, 0.05) is 34.2 Å². The summed E-state index contributed by atoms with van der Waals surface area (Å²) in [5.41, 5.74) is 5.67. The Kier molecular flexibility index (Phi) is 7.44. The van der Waals surface area contributed by atoms with Crippen molar-refractivity contribution in [2.75, 3.05) is 18.2 Å². The van der Waals surface area contributed by atoms with Crippen molar-refractivity contribution in [2.45, 2.75) is 11.6 Å². The van der Waals surface area contributed by atoms with Gasteiger partial charge in [0.15, 0.2) is 10.3 Å². The van der Waals surface area contributed by atoms with E-state index in [2.05, 4.69) is 39.6 Å². The molecule has 5 rings (SSSR count). The third-order valence-corrected chi connectivity index (χ3v) is 7.13. The van der Waals surface area contributed by atoms with E-state index < -0.39 is 0 Å². The van der Waals surface area contributed by atoms with Crippen molar-refractivity contribution < 1.29 is 9.53 Å². The van der Waals surface area contributed by atoms with Crippen LogP contribution >= 0.6 is 23.1 Å². The fourth-order valence-electron chi connectivity index (χ4n) is 3.77. The van der Waals surface area contributed by atoms with E-state index >= 15 is 0 Å². The summed E-state index contributed by atoms with van der Waals surface area (Å²) in [7, 11) is 1.64. The maximum absolute atomic E-state index is 12.6. The van der Waals surface area contributed by atoms with Gasteiger partial charge in [-0.2, -0.15) is 0 Å². The number of methoxy groups -OCH3 is 1. The molecule has 0 saturated carbocycles. The van der Waals surface area contributed by atoms with Crippen molar-refractivity contribution in [3.63, 3.8) is 0 Å². The van der Waals surface area contributed by atoms with Crippen LogP contribution in [0.2, 0.25) is 0 Å². The van der Waals surface area contributed by atoms with Crippen molar-refractivity contribution in [3.05, 3.63) is 90.3 Å². The first-order chi connectivity index (χ1) is 17.7. The van der Waals surface area contributed by atoms with Gasteiger partial charge in [-0.15, -0.1) is 11.3 Å². The number of para-hydroxylation sites is 1. The van der Waals surface area contributed by atoms with E-state index in [1.807, 2.05) is 66.0 Å². The zero-order valence-electron chi connectivity index (χ0n) is 19.6. The number of nitrogens with one attached hydrogen (secondary N) is 2. The Morgan fingerprint density at radius 3 is 2.39 bits per heavy atom. The number of benzene rings is 3. The van der Waals surface area contributed by atoms with E-state index in [4.69, 9.17) is 9.72 Å². The van der Waals surface area contributed by atoms with E-state index in [0.29, 0.717) is 17.3 Å². The Hall–Kier alpha value is -3.88. The molecule has 0 atom stereocenters. The van der Waals surface area contributed by atoms with Crippen LogP contribution in [0, 0.1) is 0 Å². The van der Waals surface area contributed by atoms with Crippen LogP contribution in [0.1, 0.15) is 6.42 Å². The SMILES string of the molecule is COc1ccccc1-c1csc(NC(=O)CCSc2nc(-c3ccccc3)c(-c3ccccc3)[nH]2)n1. The Labute approximate surface area is 217 Å². The van der Waals surface area contributed by atoms with Gasteiger partial charge in [-0.05, 0) is 12.1 Å². The van der Waals surface area contributed by atoms with Crippen LogP contribution < -0.4 is 10.1 Å². The zero-order valence-corrected chi connectivity index (χ0v) is 21.2. The van der Waals surface area contributed by atoms with E-state index in [-0.39, 0.29) is 5.91 Å². The lowest BCUT2D eigenvalue weighted by Gasteiger charge is -2.05. The maximum atomic E-state index is 12.6. The molecule has 2 aromatic heterocycles. The average molecular weight is 513 g/mol. The summed E-state index contributed by atoms with van der Waals surface area (Å²) in [5, 5.41) is 6.18. The predicted octanol–water partition coefficient (Wildman–Crippen LogP) is 7.00. The smallest absolute Gasteiger partial charge is 0.226 e. The second kappa shape index (κ2) is 11.2. The Morgan fingerprint density at radius 1 is 0.944 bits per heavy atom. The summed E-state index contributed by atoms with van der Waals surface area (Å²) in [6.45, 7) is 0. The molecule has 0 spiro atoms. The number of carbonyl (C=O) groups is 1. The van der Waals surface area contributed by atoms with Crippen molar-refractivity contribution >= 4 is 34.1 Å². The van der Waals surface area contributed by atoms with Gasteiger partial charge in [0.05, 0.1) is 24.2 Å². The minimum absolute atomic E-state index is 0.0819. The lowest BCUT2D eigenvalue weighted by Crippen LogP contribution is -2.12. The van der Waals surface area contributed by atoms with E-state index in [0.717, 1.165) is 44.7 Å². The second-order valence-corrected chi connectivity index (χ2v) is 9.82. The first kappa shape index (κ1) is 23.8. The van der Waals surface area contributed by atoms with Gasteiger partial charge < -0.3 is 15.0 Å². The molecule has 0 aliphatic carbocycles. The number of aromatic amines is 1. The Balaban J connectivity index is 1.23. The molecule has 1 amide bonds. The van der Waals surface area contributed by atoms with Crippen LogP contribution in [0.5, 0.6) is 5.75 Å². The van der Waals surface area contributed by atoms with Crippen LogP contribution in [-0.4, -0.2) is 33.7 Å². The van der Waals surface area contributed by atoms with Crippen molar-refractivity contribution in [1.29, 1.82) is 0 Å². The summed E-state index contributed by atoms with van der Waals surface area (Å²) >= 11 is 2.93. The van der Waals surface area contributed by atoms with E-state index in [1.54, 1.807) is 7.11 Å². The van der Waals surface area contributed by atoms with Gasteiger partial charge in [0.25, 0.3) is 0 Å². The number of H-pyrrole nitrogens is 1. The summed E-state index contributed by atoms with van der Waals surface area (Å²) in [6, 6.07) is 28.0. The number of amides is 1. The first-order valence-electron chi connectivity index (χ1n) is 11.4. The number of imidazole rings is 1. The average Bonchev–Trinajstić information content (AvgIpc) is 3.57. The molecule has 180 valence electrons. The summed E-state index contributed by atoms with van der Waals surface area (Å²) in [4.78, 5) is 25.4. The zero-order chi connectivity index (χ0) is 24.7. The fraction of sp³-hybridized carbons (Fsp3) is 0.107. The van der Waals surface area contributed by atoms with Gasteiger partial charge in [0.1, 0.15) is 5.75 Å². The molecule has 0 saturated heterocycles. The quantitative estimate of drug-likeness (QED) is 0.208. The Morgan fingerprint density at radius 2 is 1.64 bits per heavy atom. The molecular weight excluding hydrogens is 488 g/mol. The molecule has 3 aromatic carbocycles. The number of aromatic nitrogens is 3. The van der Waals surface area contributed by atoms with Gasteiger partial charge in [0.2, 0.25) is 5.91 Å². The van der Waals surface area contributed by atoms with Crippen LogP contribution in [0.3, 0.4) is 0 Å². The molecule has 0 bridgehead atoms. The normalized spacial score (nSPS) is 10.8. The van der Waals surface area contributed by atoms with Crippen molar-refractivity contribution in [2.24, 2.45) is 0 Å². The topological polar surface area (TPSA) is 79.9 Å². The van der Waals surface area contributed by atoms with E-state index in [1.165, 1.54) is 23.1 Å². The molecule has 2 N–H and O–H groups in total. The van der Waals surface area contributed by atoms with Crippen molar-refractivity contribution in [3.8, 4) is 39.5 Å². The maximum Gasteiger partial charge on any atom is 0.226 e. The predicted molar refractivity (Wildman–Crippen MR) is 148 cm³/mol. The molecule has 6 nitrogen and oxygen atoms in total. The number of nitrogens with zero attached hydrogens (tertiary/aromatic N) is 2. The second-order valence-electron chi connectivity index (χ2n) is 7.88. The third kappa shape index (κ3) is 5.50. The first-order valence-corrected chi connectivity index (χ1v) is 13.3. The number of anilines is 1. The third-order valence-electron chi connectivity index (χ3n) is 5.49. The van der Waals surface area contributed by atoms with Crippen LogP contribution in [0.4, 0.5) is 5.13 Å². The molecule has 0 radical (unpaired) electrons. The molecule has 0 unspecified atom stereocenters. The van der Waals surface area contributed by atoms with Gasteiger partial charge in [-0.3, -0.25) is 4.79 Å². The molecule has 2 heterocycles. The number of thiazole rings is 1.